The third kappa shape index (κ3) is 1.44. The lowest BCUT2D eigenvalue weighted by Crippen LogP contribution is -2.53. The van der Waals surface area contributed by atoms with Crippen molar-refractivity contribution in [2.45, 2.75) is 36.6 Å². The lowest BCUT2D eigenvalue weighted by molar-refractivity contribution is -0.244. The summed E-state index contributed by atoms with van der Waals surface area (Å²) in [5, 5.41) is 36.8. The Labute approximate surface area is 84.8 Å². The summed E-state index contributed by atoms with van der Waals surface area (Å²) in [7, 11) is 0. The molecule has 0 aromatic heterocycles. The van der Waals surface area contributed by atoms with Gasteiger partial charge in [-0.15, -0.1) is 0 Å². The number of aliphatic hydroxyl groups is 3. The predicted molar refractivity (Wildman–Crippen MR) is 43.8 cm³/mol. The molecule has 7 nitrogen and oxygen atoms in total. The summed E-state index contributed by atoms with van der Waals surface area (Å²) < 4.78 is 10.1. The number of aliphatic hydroxyl groups excluding tert-OH is 3. The predicted octanol–water partition coefficient (Wildman–Crippen LogP) is -2.33. The molecule has 2 rings (SSSR count). The van der Waals surface area contributed by atoms with Crippen molar-refractivity contribution in [2.75, 3.05) is 6.61 Å². The molecule has 0 spiro atoms. The van der Waals surface area contributed by atoms with Gasteiger partial charge >= 0.3 is 5.97 Å². The first-order valence-electron chi connectivity index (χ1n) is 4.56. The van der Waals surface area contributed by atoms with Crippen molar-refractivity contribution < 1.29 is 34.7 Å². The van der Waals surface area contributed by atoms with Gasteiger partial charge in [-0.25, -0.2) is 4.79 Å². The summed E-state index contributed by atoms with van der Waals surface area (Å²) in [6.45, 7) is -0.469. The van der Waals surface area contributed by atoms with Crippen molar-refractivity contribution in [3.8, 4) is 0 Å². The van der Waals surface area contributed by atoms with E-state index in [0.717, 1.165) is 0 Å². The summed E-state index contributed by atoms with van der Waals surface area (Å²) in [6, 6.07) is 0. The minimum absolute atomic E-state index is 0.351. The highest BCUT2D eigenvalue weighted by molar-refractivity contribution is 5.76. The zero-order valence-corrected chi connectivity index (χ0v) is 7.74. The number of fused-ring (bicyclic) bond motifs is 2. The minimum Gasteiger partial charge on any atom is -0.477 e. The molecule has 0 saturated carbocycles. The number of rotatable bonds is 2. The van der Waals surface area contributed by atoms with Gasteiger partial charge in [-0.1, -0.05) is 0 Å². The quantitative estimate of drug-likeness (QED) is 0.412. The average molecular weight is 220 g/mol. The minimum atomic E-state index is -1.93. The van der Waals surface area contributed by atoms with E-state index in [-0.39, 0.29) is 6.42 Å². The maximum absolute atomic E-state index is 10.9. The van der Waals surface area contributed by atoms with E-state index in [9.17, 15) is 15.0 Å². The van der Waals surface area contributed by atoms with Gasteiger partial charge in [0, 0.05) is 6.42 Å². The molecule has 0 aromatic carbocycles. The fourth-order valence-corrected chi connectivity index (χ4v) is 1.97. The molecule has 5 atom stereocenters. The van der Waals surface area contributed by atoms with Crippen LogP contribution >= 0.6 is 0 Å². The second-order valence-electron chi connectivity index (χ2n) is 3.74. The van der Waals surface area contributed by atoms with Gasteiger partial charge in [0.1, 0.15) is 18.3 Å². The van der Waals surface area contributed by atoms with Crippen LogP contribution in [-0.4, -0.2) is 63.2 Å². The summed E-state index contributed by atoms with van der Waals surface area (Å²) in [6.07, 6.45) is -4.74. The molecular formula is C8H12O7. The van der Waals surface area contributed by atoms with E-state index in [1.807, 2.05) is 0 Å². The van der Waals surface area contributed by atoms with Gasteiger partial charge in [0.05, 0.1) is 12.7 Å². The van der Waals surface area contributed by atoms with Crippen LogP contribution in [0.3, 0.4) is 0 Å². The number of carboxylic acid groups (broad SMARTS) is 1. The van der Waals surface area contributed by atoms with Crippen molar-refractivity contribution >= 4 is 5.97 Å². The summed E-state index contributed by atoms with van der Waals surface area (Å²) in [5.74, 6) is -3.30. The maximum Gasteiger partial charge on any atom is 0.364 e. The Morgan fingerprint density at radius 3 is 2.60 bits per heavy atom. The molecule has 2 heterocycles. The Morgan fingerprint density at radius 1 is 1.40 bits per heavy atom. The van der Waals surface area contributed by atoms with Crippen molar-refractivity contribution in [1.29, 1.82) is 0 Å². The molecule has 15 heavy (non-hydrogen) atoms. The molecule has 7 heteroatoms. The van der Waals surface area contributed by atoms with Crippen LogP contribution < -0.4 is 0 Å². The Kier molecular flexibility index (Phi) is 2.44. The molecule has 2 saturated heterocycles. The highest BCUT2D eigenvalue weighted by atomic mass is 16.8. The van der Waals surface area contributed by atoms with Gasteiger partial charge in [-0.2, -0.15) is 0 Å². The SMILES string of the molecule is O=C(O)[C@@]12CC(O)C(O)C(O1)C(CO)O2. The number of hydrogen-bond donors (Lipinski definition) is 4. The second kappa shape index (κ2) is 3.39. The lowest BCUT2D eigenvalue weighted by atomic mass is 9.96. The van der Waals surface area contributed by atoms with Crippen LogP contribution in [0.1, 0.15) is 6.42 Å². The molecule has 0 aromatic rings. The molecule has 2 aliphatic rings. The highest BCUT2D eigenvalue weighted by Gasteiger charge is 2.61. The molecule has 4 unspecified atom stereocenters. The standard InChI is InChI=1S/C8H12O7/c9-2-4-6-5(11)3(10)1-8(14-4,15-6)7(12)13/h3-6,9-11H,1-2H2,(H,12,13)/t3?,4?,5?,6?,8-/m1/s1. The molecule has 0 aliphatic carbocycles. The Bertz CT molecular complexity index is 276. The van der Waals surface area contributed by atoms with E-state index in [2.05, 4.69) is 0 Å². The average Bonchev–Trinajstić information content (AvgIpc) is 2.52. The summed E-state index contributed by atoms with van der Waals surface area (Å²) in [5.41, 5.74) is 0. The fraction of sp³-hybridized carbons (Fsp3) is 0.875. The molecule has 0 radical (unpaired) electrons. The zero-order chi connectivity index (χ0) is 11.2. The van der Waals surface area contributed by atoms with Gasteiger partial charge in [0.15, 0.2) is 0 Å². The second-order valence-corrected chi connectivity index (χ2v) is 3.74. The highest BCUT2D eigenvalue weighted by Crippen LogP contribution is 2.40. The topological polar surface area (TPSA) is 116 Å². The first-order valence-corrected chi connectivity index (χ1v) is 4.56. The van der Waals surface area contributed by atoms with Crippen molar-refractivity contribution in [3.63, 3.8) is 0 Å². The van der Waals surface area contributed by atoms with Crippen LogP contribution in [0.25, 0.3) is 0 Å². The Balaban J connectivity index is 2.28. The molecule has 2 fully saturated rings. The van der Waals surface area contributed by atoms with Crippen molar-refractivity contribution in [1.82, 2.24) is 0 Å². The van der Waals surface area contributed by atoms with Crippen LogP contribution in [0.15, 0.2) is 0 Å². The normalized spacial score (nSPS) is 49.3. The Hall–Kier alpha value is -0.730. The van der Waals surface area contributed by atoms with Crippen LogP contribution in [0, 0.1) is 0 Å². The third-order valence-electron chi connectivity index (χ3n) is 2.75. The molecular weight excluding hydrogens is 208 g/mol. The number of aliphatic carboxylic acids is 1. The first-order chi connectivity index (χ1) is 7.00. The van der Waals surface area contributed by atoms with E-state index in [1.54, 1.807) is 0 Å². The molecule has 4 N–H and O–H groups in total. The number of carboxylic acids is 1. The zero-order valence-electron chi connectivity index (χ0n) is 7.74. The molecule has 2 bridgehead atoms. The van der Waals surface area contributed by atoms with Gasteiger partial charge in [0.2, 0.25) is 0 Å². The van der Waals surface area contributed by atoms with Crippen LogP contribution in [-0.2, 0) is 14.3 Å². The number of carbonyl (C=O) groups is 1. The first kappa shape index (κ1) is 10.8. The van der Waals surface area contributed by atoms with E-state index < -0.39 is 42.8 Å². The van der Waals surface area contributed by atoms with Crippen molar-refractivity contribution in [3.05, 3.63) is 0 Å². The smallest absolute Gasteiger partial charge is 0.364 e. The molecule has 86 valence electrons. The molecule has 2 aliphatic heterocycles. The summed E-state index contributed by atoms with van der Waals surface area (Å²) in [4.78, 5) is 10.9. The summed E-state index contributed by atoms with van der Waals surface area (Å²) >= 11 is 0. The number of ether oxygens (including phenoxy) is 2. The van der Waals surface area contributed by atoms with Gasteiger partial charge in [-0.05, 0) is 0 Å². The van der Waals surface area contributed by atoms with E-state index in [0.29, 0.717) is 0 Å². The largest absolute Gasteiger partial charge is 0.477 e. The van der Waals surface area contributed by atoms with E-state index in [1.165, 1.54) is 0 Å². The monoisotopic (exact) mass is 220 g/mol. The van der Waals surface area contributed by atoms with Crippen LogP contribution in [0.4, 0.5) is 0 Å². The third-order valence-corrected chi connectivity index (χ3v) is 2.75. The van der Waals surface area contributed by atoms with Gasteiger partial charge in [-0.3, -0.25) is 0 Å². The fourth-order valence-electron chi connectivity index (χ4n) is 1.97. The van der Waals surface area contributed by atoms with E-state index in [4.69, 9.17) is 19.7 Å². The molecule has 0 amide bonds. The number of hydrogen-bond acceptors (Lipinski definition) is 6. The van der Waals surface area contributed by atoms with Gasteiger partial charge in [0.25, 0.3) is 5.79 Å². The lowest BCUT2D eigenvalue weighted by Gasteiger charge is -2.33. The van der Waals surface area contributed by atoms with Crippen LogP contribution in [0.2, 0.25) is 0 Å². The van der Waals surface area contributed by atoms with E-state index >= 15 is 0 Å². The van der Waals surface area contributed by atoms with Crippen molar-refractivity contribution in [2.24, 2.45) is 0 Å². The van der Waals surface area contributed by atoms with Crippen LogP contribution in [0.5, 0.6) is 0 Å². The maximum atomic E-state index is 10.9. The Morgan fingerprint density at radius 2 is 2.07 bits per heavy atom. The van der Waals surface area contributed by atoms with Gasteiger partial charge < -0.3 is 29.9 Å².